The summed E-state index contributed by atoms with van der Waals surface area (Å²) in [6.45, 7) is 0.443. The monoisotopic (exact) mass is 651 g/mol. The Bertz CT molecular complexity index is 2010. The highest BCUT2D eigenvalue weighted by Crippen LogP contribution is 2.28. The van der Waals surface area contributed by atoms with Crippen LogP contribution in [-0.2, 0) is 23.1 Å². The molecule has 5 aromatic rings. The summed E-state index contributed by atoms with van der Waals surface area (Å²) in [6.07, 6.45) is -0.906. The van der Waals surface area contributed by atoms with Crippen molar-refractivity contribution in [3.05, 3.63) is 150 Å². The second-order valence-electron chi connectivity index (χ2n) is 10.4. The second kappa shape index (κ2) is 14.5. The fourth-order valence-electron chi connectivity index (χ4n) is 4.75. The lowest BCUT2D eigenvalue weighted by Gasteiger charge is -2.24. The number of nitrogens with two attached hydrogens (primary N) is 1. The van der Waals surface area contributed by atoms with Crippen molar-refractivity contribution in [1.29, 1.82) is 5.41 Å². The maximum atomic E-state index is 13.6. The van der Waals surface area contributed by atoms with E-state index in [9.17, 15) is 22.4 Å². The van der Waals surface area contributed by atoms with E-state index in [-0.39, 0.29) is 29.6 Å². The smallest absolute Gasteiger partial charge is 0.410 e. The van der Waals surface area contributed by atoms with E-state index in [1.807, 2.05) is 30.3 Å². The molecule has 0 aliphatic rings. The lowest BCUT2D eigenvalue weighted by molar-refractivity contribution is 0.205. The number of nitrogens with zero attached hydrogens (tertiary/aromatic N) is 1. The number of sulfonamides is 1. The van der Waals surface area contributed by atoms with Gasteiger partial charge in [0.05, 0.1) is 4.90 Å². The van der Waals surface area contributed by atoms with Crippen LogP contribution >= 0.6 is 0 Å². The van der Waals surface area contributed by atoms with Gasteiger partial charge in [-0.3, -0.25) is 10.7 Å². The first kappa shape index (κ1) is 32.5. The van der Waals surface area contributed by atoms with Gasteiger partial charge >= 0.3 is 12.1 Å². The molecule has 5 N–H and O–H groups in total. The van der Waals surface area contributed by atoms with Gasteiger partial charge in [-0.15, -0.1) is 0 Å². The molecule has 12 heteroatoms. The van der Waals surface area contributed by atoms with Crippen molar-refractivity contribution in [3.8, 4) is 16.9 Å². The number of hydrogen-bond acceptors (Lipinski definition) is 6. The average Bonchev–Trinajstić information content (AvgIpc) is 3.06. The normalized spacial score (nSPS) is 10.9. The molecule has 0 unspecified atom stereocenters. The van der Waals surface area contributed by atoms with E-state index < -0.39 is 28.0 Å². The molecule has 0 heterocycles. The van der Waals surface area contributed by atoms with Crippen LogP contribution in [0.3, 0.4) is 0 Å². The Morgan fingerprint density at radius 1 is 0.787 bits per heavy atom. The lowest BCUT2D eigenvalue weighted by atomic mass is 10.1. The summed E-state index contributed by atoms with van der Waals surface area (Å²) in [5.74, 6) is -0.572. The van der Waals surface area contributed by atoms with Crippen LogP contribution in [0.25, 0.3) is 11.1 Å². The zero-order valence-corrected chi connectivity index (χ0v) is 25.7. The van der Waals surface area contributed by atoms with Gasteiger partial charge in [0.1, 0.15) is 17.4 Å². The van der Waals surface area contributed by atoms with Crippen LogP contribution in [0, 0.1) is 11.2 Å². The maximum Gasteiger partial charge on any atom is 0.418 e. The Kier molecular flexibility index (Phi) is 10.0. The van der Waals surface area contributed by atoms with Crippen LogP contribution in [0.2, 0.25) is 0 Å². The third-order valence-corrected chi connectivity index (χ3v) is 7.95. The van der Waals surface area contributed by atoms with E-state index in [1.54, 1.807) is 71.6 Å². The van der Waals surface area contributed by atoms with Gasteiger partial charge in [-0.2, -0.15) is 0 Å². The summed E-state index contributed by atoms with van der Waals surface area (Å²) in [6, 6.07) is 33.9. The molecule has 0 fully saturated rings. The summed E-state index contributed by atoms with van der Waals surface area (Å²) < 4.78 is 42.4. The number of primary sulfonamides is 1. The molecule has 0 aliphatic carbocycles. The molecule has 3 amide bonds. The first-order valence-corrected chi connectivity index (χ1v) is 15.8. The molecule has 0 atom stereocenters. The number of benzene rings is 5. The number of nitrogens with one attached hydrogen (secondary N) is 3. The topological polar surface area (TPSA) is 155 Å². The number of urea groups is 1. The van der Waals surface area contributed by atoms with Gasteiger partial charge in [-0.05, 0) is 65.2 Å². The van der Waals surface area contributed by atoms with Gasteiger partial charge in [0.15, 0.2) is 0 Å². The quantitative estimate of drug-likeness (QED) is 0.106. The first-order chi connectivity index (χ1) is 22.5. The van der Waals surface area contributed by atoms with Crippen molar-refractivity contribution >= 4 is 33.7 Å². The number of amidine groups is 1. The van der Waals surface area contributed by atoms with E-state index >= 15 is 0 Å². The molecule has 0 saturated carbocycles. The van der Waals surface area contributed by atoms with Gasteiger partial charge in [0, 0.05) is 29.9 Å². The van der Waals surface area contributed by atoms with Crippen LogP contribution in [-0.4, -0.2) is 31.3 Å². The number of carbonyl (C=O) groups excluding carboxylic acids is 2. The van der Waals surface area contributed by atoms with Crippen LogP contribution in [0.15, 0.2) is 132 Å². The Morgan fingerprint density at radius 3 is 2.13 bits per heavy atom. The molecule has 0 aromatic heterocycles. The number of ether oxygens (including phenoxy) is 1. The SMILES string of the molecule is N=C(NC(=O)Oc1ccc(F)cc1)c1cccc(CN(Cc2ccccc2)C(=O)Nc2ccc(-c3ccccc3S(N)(=O)=O)cc2)c1. The Morgan fingerprint density at radius 2 is 1.43 bits per heavy atom. The molecule has 0 saturated heterocycles. The zero-order valence-electron chi connectivity index (χ0n) is 24.9. The van der Waals surface area contributed by atoms with Crippen LogP contribution in [0.4, 0.5) is 19.7 Å². The number of amides is 3. The Labute approximate surface area is 271 Å². The third-order valence-electron chi connectivity index (χ3n) is 6.98. The van der Waals surface area contributed by atoms with Crippen LogP contribution < -0.4 is 20.5 Å². The van der Waals surface area contributed by atoms with E-state index in [0.29, 0.717) is 27.9 Å². The number of anilines is 1. The minimum Gasteiger partial charge on any atom is -0.410 e. The molecular weight excluding hydrogens is 621 g/mol. The summed E-state index contributed by atoms with van der Waals surface area (Å²) in [5, 5.41) is 19.0. The summed E-state index contributed by atoms with van der Waals surface area (Å²) >= 11 is 0. The number of halogens is 1. The Balaban J connectivity index is 1.30. The third kappa shape index (κ3) is 8.87. The summed E-state index contributed by atoms with van der Waals surface area (Å²) in [7, 11) is -3.94. The largest absolute Gasteiger partial charge is 0.418 e. The molecule has 10 nitrogen and oxygen atoms in total. The average molecular weight is 652 g/mol. The number of rotatable bonds is 9. The van der Waals surface area contributed by atoms with Crippen molar-refractivity contribution in [1.82, 2.24) is 10.2 Å². The van der Waals surface area contributed by atoms with Crippen LogP contribution in [0.1, 0.15) is 16.7 Å². The molecule has 0 aliphatic heterocycles. The highest BCUT2D eigenvalue weighted by Gasteiger charge is 2.18. The fourth-order valence-corrected chi connectivity index (χ4v) is 5.51. The Hall–Kier alpha value is -5.85. The molecule has 0 spiro atoms. The van der Waals surface area contributed by atoms with Crippen LogP contribution in [0.5, 0.6) is 5.75 Å². The van der Waals surface area contributed by atoms with E-state index in [0.717, 1.165) is 17.7 Å². The highest BCUT2D eigenvalue weighted by molar-refractivity contribution is 7.89. The summed E-state index contributed by atoms with van der Waals surface area (Å²) in [5.41, 5.74) is 3.53. The minimum absolute atomic E-state index is 0.00102. The minimum atomic E-state index is -3.94. The van der Waals surface area contributed by atoms with Crippen molar-refractivity contribution in [3.63, 3.8) is 0 Å². The first-order valence-electron chi connectivity index (χ1n) is 14.3. The maximum absolute atomic E-state index is 13.6. The standard InChI is InChI=1S/C35H30FN5O5S/c36-28-15-19-30(20-16-28)46-35(43)40-33(37)27-10-6-9-25(21-27)23-41(22-24-7-2-1-3-8-24)34(42)39-29-17-13-26(14-18-29)31-11-4-5-12-32(31)47(38,44)45/h1-21H,22-23H2,(H,39,42)(H2,37,40,43)(H2,38,44,45). The van der Waals surface area contributed by atoms with Crippen molar-refractivity contribution in [2.75, 3.05) is 5.32 Å². The van der Waals surface area contributed by atoms with Gasteiger partial charge in [-0.25, -0.2) is 27.5 Å². The molecule has 5 aromatic carbocycles. The molecular formula is C35H30FN5O5S. The number of carbonyl (C=O) groups is 2. The molecule has 5 rings (SSSR count). The van der Waals surface area contributed by atoms with Crippen molar-refractivity contribution in [2.45, 2.75) is 18.0 Å². The van der Waals surface area contributed by atoms with Crippen molar-refractivity contribution in [2.24, 2.45) is 5.14 Å². The second-order valence-corrected chi connectivity index (χ2v) is 12.0. The van der Waals surface area contributed by atoms with E-state index in [1.165, 1.54) is 18.2 Å². The van der Waals surface area contributed by atoms with Gasteiger partial charge in [0.2, 0.25) is 10.0 Å². The predicted molar refractivity (Wildman–Crippen MR) is 177 cm³/mol. The number of hydrogen-bond donors (Lipinski definition) is 4. The van der Waals surface area contributed by atoms with Gasteiger partial charge in [-0.1, -0.05) is 78.9 Å². The fraction of sp³-hybridized carbons (Fsp3) is 0.0571. The zero-order chi connectivity index (χ0) is 33.4. The van der Waals surface area contributed by atoms with E-state index in [2.05, 4.69) is 10.6 Å². The van der Waals surface area contributed by atoms with Crippen molar-refractivity contribution < 1.29 is 27.1 Å². The molecule has 47 heavy (non-hydrogen) atoms. The predicted octanol–water partition coefficient (Wildman–Crippen LogP) is 6.49. The molecule has 0 radical (unpaired) electrons. The van der Waals surface area contributed by atoms with E-state index in [4.69, 9.17) is 15.3 Å². The van der Waals surface area contributed by atoms with Gasteiger partial charge < -0.3 is 15.0 Å². The molecule has 0 bridgehead atoms. The highest BCUT2D eigenvalue weighted by atomic mass is 32.2. The molecule has 238 valence electrons. The summed E-state index contributed by atoms with van der Waals surface area (Å²) in [4.78, 5) is 27.5. The van der Waals surface area contributed by atoms with Gasteiger partial charge in [0.25, 0.3) is 0 Å². The lowest BCUT2D eigenvalue weighted by Crippen LogP contribution is -2.34.